The number of hydrogen-bond donors (Lipinski definition) is 1. The molecule has 0 saturated heterocycles. The van der Waals surface area contributed by atoms with Crippen molar-refractivity contribution < 1.29 is 4.74 Å². The van der Waals surface area contributed by atoms with Crippen molar-refractivity contribution in [1.82, 2.24) is 0 Å². The summed E-state index contributed by atoms with van der Waals surface area (Å²) < 4.78 is 5.70. The molecule has 0 aromatic carbocycles. The highest BCUT2D eigenvalue weighted by Gasteiger charge is 2.32. The Balaban J connectivity index is 3.64. The van der Waals surface area contributed by atoms with Gasteiger partial charge >= 0.3 is 0 Å². The average Bonchev–Trinajstić information content (AvgIpc) is 2.44. The summed E-state index contributed by atoms with van der Waals surface area (Å²) in [6, 6.07) is 0.188. The zero-order valence-corrected chi connectivity index (χ0v) is 13.8. The Morgan fingerprint density at radius 1 is 0.842 bits per heavy atom. The second kappa shape index (κ2) is 11.7. The SMILES string of the molecule is CCCCCCCCCCC(N)C(CC)(CC)OC. The summed E-state index contributed by atoms with van der Waals surface area (Å²) in [5.74, 6) is 0. The van der Waals surface area contributed by atoms with Crippen LogP contribution in [0.1, 0.15) is 91.4 Å². The van der Waals surface area contributed by atoms with Gasteiger partial charge in [0, 0.05) is 13.2 Å². The van der Waals surface area contributed by atoms with Gasteiger partial charge < -0.3 is 10.5 Å². The van der Waals surface area contributed by atoms with Crippen molar-refractivity contribution >= 4 is 0 Å². The summed E-state index contributed by atoms with van der Waals surface area (Å²) in [5.41, 5.74) is 6.24. The van der Waals surface area contributed by atoms with Crippen LogP contribution in [-0.2, 0) is 4.74 Å². The molecule has 2 N–H and O–H groups in total. The molecule has 0 amide bonds. The molecule has 0 spiro atoms. The number of rotatable bonds is 13. The molecule has 1 unspecified atom stereocenters. The molecule has 0 aliphatic heterocycles. The predicted octanol–water partition coefficient (Wildman–Crippen LogP) is 5.05. The Bertz CT molecular complexity index is 181. The molecule has 0 heterocycles. The standard InChI is InChI=1S/C17H37NO/c1-5-8-9-10-11-12-13-14-15-16(18)17(6-2,7-3)19-4/h16H,5-15,18H2,1-4H3. The van der Waals surface area contributed by atoms with Crippen LogP contribution in [0, 0.1) is 0 Å². The Hall–Kier alpha value is -0.0800. The molecule has 0 rings (SSSR count). The van der Waals surface area contributed by atoms with Gasteiger partial charge in [0.15, 0.2) is 0 Å². The van der Waals surface area contributed by atoms with Crippen LogP contribution in [-0.4, -0.2) is 18.8 Å². The van der Waals surface area contributed by atoms with Crippen molar-refractivity contribution in [2.24, 2.45) is 5.73 Å². The second-order valence-electron chi connectivity index (χ2n) is 5.85. The van der Waals surface area contributed by atoms with Gasteiger partial charge in [-0.15, -0.1) is 0 Å². The molecule has 116 valence electrons. The van der Waals surface area contributed by atoms with Crippen molar-refractivity contribution in [1.29, 1.82) is 0 Å². The van der Waals surface area contributed by atoms with E-state index in [0.717, 1.165) is 19.3 Å². The van der Waals surface area contributed by atoms with E-state index in [1.165, 1.54) is 51.4 Å². The van der Waals surface area contributed by atoms with Crippen LogP contribution in [0.15, 0.2) is 0 Å². The van der Waals surface area contributed by atoms with Crippen molar-refractivity contribution in [3.63, 3.8) is 0 Å². The lowest BCUT2D eigenvalue weighted by molar-refractivity contribution is -0.0399. The number of ether oxygens (including phenoxy) is 1. The first kappa shape index (κ1) is 18.9. The van der Waals surface area contributed by atoms with E-state index in [9.17, 15) is 0 Å². The molecular weight excluding hydrogens is 234 g/mol. The predicted molar refractivity (Wildman–Crippen MR) is 85.5 cm³/mol. The second-order valence-corrected chi connectivity index (χ2v) is 5.85. The van der Waals surface area contributed by atoms with E-state index in [-0.39, 0.29) is 11.6 Å². The molecule has 2 nitrogen and oxygen atoms in total. The fourth-order valence-electron chi connectivity index (χ4n) is 2.98. The van der Waals surface area contributed by atoms with Gasteiger partial charge in [-0.3, -0.25) is 0 Å². The van der Waals surface area contributed by atoms with Crippen molar-refractivity contribution in [3.8, 4) is 0 Å². The van der Waals surface area contributed by atoms with E-state index in [0.29, 0.717) is 0 Å². The topological polar surface area (TPSA) is 35.2 Å². The lowest BCUT2D eigenvalue weighted by Crippen LogP contribution is -2.48. The molecule has 0 radical (unpaired) electrons. The van der Waals surface area contributed by atoms with Crippen LogP contribution in [0.3, 0.4) is 0 Å². The molecule has 0 aliphatic carbocycles. The highest BCUT2D eigenvalue weighted by molar-refractivity contribution is 4.88. The van der Waals surface area contributed by atoms with Crippen molar-refractivity contribution in [2.75, 3.05) is 7.11 Å². The minimum Gasteiger partial charge on any atom is -0.377 e. The third-order valence-electron chi connectivity index (χ3n) is 4.65. The van der Waals surface area contributed by atoms with E-state index < -0.39 is 0 Å². The van der Waals surface area contributed by atoms with E-state index >= 15 is 0 Å². The third kappa shape index (κ3) is 7.31. The smallest absolute Gasteiger partial charge is 0.0823 e. The van der Waals surface area contributed by atoms with Gasteiger partial charge in [0.25, 0.3) is 0 Å². The Morgan fingerprint density at radius 2 is 1.32 bits per heavy atom. The fraction of sp³-hybridized carbons (Fsp3) is 1.00. The number of hydrogen-bond acceptors (Lipinski definition) is 2. The van der Waals surface area contributed by atoms with Gasteiger partial charge in [-0.1, -0.05) is 72.1 Å². The summed E-state index contributed by atoms with van der Waals surface area (Å²) in [6.45, 7) is 6.63. The fourth-order valence-corrected chi connectivity index (χ4v) is 2.98. The van der Waals surface area contributed by atoms with E-state index in [2.05, 4.69) is 20.8 Å². The van der Waals surface area contributed by atoms with Crippen LogP contribution in [0.5, 0.6) is 0 Å². The van der Waals surface area contributed by atoms with Crippen LogP contribution < -0.4 is 5.73 Å². The largest absolute Gasteiger partial charge is 0.377 e. The quantitative estimate of drug-likeness (QED) is 0.476. The normalized spacial score (nSPS) is 13.7. The van der Waals surface area contributed by atoms with Crippen molar-refractivity contribution in [3.05, 3.63) is 0 Å². The minimum atomic E-state index is -0.0961. The molecular formula is C17H37NO. The van der Waals surface area contributed by atoms with Gasteiger partial charge in [-0.05, 0) is 19.3 Å². The molecule has 0 aliphatic rings. The van der Waals surface area contributed by atoms with Gasteiger partial charge in [0.2, 0.25) is 0 Å². The van der Waals surface area contributed by atoms with E-state index in [1.807, 2.05) is 0 Å². The summed E-state index contributed by atoms with van der Waals surface area (Å²) in [6.07, 6.45) is 14.0. The molecule has 0 fully saturated rings. The number of methoxy groups -OCH3 is 1. The highest BCUT2D eigenvalue weighted by atomic mass is 16.5. The molecule has 2 heteroatoms. The molecule has 19 heavy (non-hydrogen) atoms. The highest BCUT2D eigenvalue weighted by Crippen LogP contribution is 2.26. The molecule has 0 aromatic rings. The lowest BCUT2D eigenvalue weighted by atomic mass is 9.85. The maximum absolute atomic E-state index is 6.34. The first-order valence-corrected chi connectivity index (χ1v) is 8.47. The van der Waals surface area contributed by atoms with Crippen molar-refractivity contribution in [2.45, 2.75) is 103 Å². The summed E-state index contributed by atoms with van der Waals surface area (Å²) >= 11 is 0. The third-order valence-corrected chi connectivity index (χ3v) is 4.65. The molecule has 1 atom stereocenters. The first-order valence-electron chi connectivity index (χ1n) is 8.47. The van der Waals surface area contributed by atoms with Crippen LogP contribution in [0.2, 0.25) is 0 Å². The van der Waals surface area contributed by atoms with Gasteiger partial charge in [-0.2, -0.15) is 0 Å². The molecule has 0 bridgehead atoms. The Labute approximate surface area is 121 Å². The average molecular weight is 271 g/mol. The van der Waals surface area contributed by atoms with Gasteiger partial charge in [-0.25, -0.2) is 0 Å². The van der Waals surface area contributed by atoms with Crippen LogP contribution in [0.25, 0.3) is 0 Å². The van der Waals surface area contributed by atoms with Gasteiger partial charge in [0.1, 0.15) is 0 Å². The maximum Gasteiger partial charge on any atom is 0.0823 e. The zero-order valence-electron chi connectivity index (χ0n) is 13.8. The van der Waals surface area contributed by atoms with E-state index in [4.69, 9.17) is 10.5 Å². The monoisotopic (exact) mass is 271 g/mol. The maximum atomic E-state index is 6.34. The van der Waals surface area contributed by atoms with Crippen LogP contribution in [0.4, 0.5) is 0 Å². The van der Waals surface area contributed by atoms with Gasteiger partial charge in [0.05, 0.1) is 5.60 Å². The summed E-state index contributed by atoms with van der Waals surface area (Å²) in [5, 5.41) is 0. The number of nitrogens with two attached hydrogens (primary N) is 1. The lowest BCUT2D eigenvalue weighted by Gasteiger charge is -2.36. The summed E-state index contributed by atoms with van der Waals surface area (Å²) in [7, 11) is 1.81. The Morgan fingerprint density at radius 3 is 1.74 bits per heavy atom. The van der Waals surface area contributed by atoms with Crippen LogP contribution >= 0.6 is 0 Å². The summed E-state index contributed by atoms with van der Waals surface area (Å²) in [4.78, 5) is 0. The van der Waals surface area contributed by atoms with E-state index in [1.54, 1.807) is 7.11 Å². The molecule has 0 saturated carbocycles. The Kier molecular flexibility index (Phi) is 11.7. The number of unbranched alkanes of at least 4 members (excludes halogenated alkanes) is 7. The minimum absolute atomic E-state index is 0.0961. The zero-order chi connectivity index (χ0) is 14.6. The first-order chi connectivity index (χ1) is 9.16. The molecule has 0 aromatic heterocycles.